The number of phenolic OH excluding ortho intramolecular Hbond substituents is 1. The predicted molar refractivity (Wildman–Crippen MR) is 99.1 cm³/mol. The second-order valence-corrected chi connectivity index (χ2v) is 5.96. The van der Waals surface area contributed by atoms with Gasteiger partial charge in [0.15, 0.2) is 6.29 Å². The Kier molecular flexibility index (Phi) is 5.49. The molecule has 2 atom stereocenters. The van der Waals surface area contributed by atoms with Crippen molar-refractivity contribution in [3.63, 3.8) is 0 Å². The molecule has 2 unspecified atom stereocenters. The van der Waals surface area contributed by atoms with Crippen LogP contribution in [0, 0.1) is 0 Å². The zero-order chi connectivity index (χ0) is 17.6. The Morgan fingerprint density at radius 3 is 1.88 bits per heavy atom. The van der Waals surface area contributed by atoms with Crippen LogP contribution in [0.15, 0.2) is 78.9 Å². The van der Waals surface area contributed by atoms with Crippen molar-refractivity contribution in [1.82, 2.24) is 0 Å². The third-order valence-electron chi connectivity index (χ3n) is 4.23. The van der Waals surface area contributed by atoms with E-state index in [-0.39, 0.29) is 11.9 Å². The highest BCUT2D eigenvalue weighted by Gasteiger charge is 2.16. The lowest BCUT2D eigenvalue weighted by Gasteiger charge is -2.21. The van der Waals surface area contributed by atoms with Crippen LogP contribution < -0.4 is 0 Å². The van der Waals surface area contributed by atoms with Crippen LogP contribution in [0.3, 0.4) is 0 Å². The minimum Gasteiger partial charge on any atom is -0.508 e. The number of rotatable bonds is 6. The monoisotopic (exact) mass is 334 g/mol. The van der Waals surface area contributed by atoms with Gasteiger partial charge in [-0.15, -0.1) is 0 Å². The Morgan fingerprint density at radius 1 is 0.760 bits per heavy atom. The Labute approximate surface area is 148 Å². The third-order valence-corrected chi connectivity index (χ3v) is 4.23. The molecular weight excluding hydrogens is 312 g/mol. The predicted octanol–water partition coefficient (Wildman–Crippen LogP) is 5.22. The highest BCUT2D eigenvalue weighted by molar-refractivity contribution is 5.64. The molecule has 25 heavy (non-hydrogen) atoms. The van der Waals surface area contributed by atoms with Crippen molar-refractivity contribution >= 4 is 0 Å². The topological polar surface area (TPSA) is 49.7 Å². The van der Waals surface area contributed by atoms with E-state index < -0.39 is 6.29 Å². The van der Waals surface area contributed by atoms with Crippen LogP contribution in [0.1, 0.15) is 36.9 Å². The molecule has 0 spiro atoms. The molecule has 0 amide bonds. The molecule has 3 aromatic carbocycles. The molecule has 3 nitrogen and oxygen atoms in total. The summed E-state index contributed by atoms with van der Waals surface area (Å²) in [5.41, 5.74) is 3.81. The molecule has 3 rings (SSSR count). The molecule has 0 aromatic heterocycles. The lowest BCUT2D eigenvalue weighted by atomic mass is 10.0. The largest absolute Gasteiger partial charge is 0.508 e. The second-order valence-electron chi connectivity index (χ2n) is 5.96. The normalized spacial score (nSPS) is 13.4. The third kappa shape index (κ3) is 4.27. The summed E-state index contributed by atoms with van der Waals surface area (Å²) in [6.07, 6.45) is -0.334. The summed E-state index contributed by atoms with van der Waals surface area (Å²) < 4.78 is 5.86. The number of aromatic hydroxyl groups is 1. The van der Waals surface area contributed by atoms with E-state index in [2.05, 4.69) is 0 Å². The second kappa shape index (κ2) is 7.97. The molecular formula is C22H22O3. The molecule has 0 saturated carbocycles. The van der Waals surface area contributed by atoms with Gasteiger partial charge in [0.2, 0.25) is 0 Å². The summed E-state index contributed by atoms with van der Waals surface area (Å²) in [6, 6.07) is 24.6. The zero-order valence-electron chi connectivity index (χ0n) is 14.2. The first kappa shape index (κ1) is 17.2. The quantitative estimate of drug-likeness (QED) is 0.608. The van der Waals surface area contributed by atoms with Gasteiger partial charge in [-0.3, -0.25) is 0 Å². The standard InChI is InChI=1S/C22H22O3/c1-2-21(18-6-4-3-5-7-18)25-22(24)19-10-8-16(9-11-19)17-12-14-20(23)15-13-17/h3-15,21-24H,2H2,1H3. The number of hydrogen-bond acceptors (Lipinski definition) is 3. The molecule has 0 saturated heterocycles. The molecule has 0 aliphatic rings. The average Bonchev–Trinajstić information content (AvgIpc) is 2.67. The summed E-state index contributed by atoms with van der Waals surface area (Å²) >= 11 is 0. The van der Waals surface area contributed by atoms with Gasteiger partial charge in [-0.2, -0.15) is 0 Å². The first-order valence-electron chi connectivity index (χ1n) is 8.45. The fourth-order valence-corrected chi connectivity index (χ4v) is 2.81. The van der Waals surface area contributed by atoms with Crippen LogP contribution in [-0.2, 0) is 4.74 Å². The molecule has 0 aliphatic heterocycles. The van der Waals surface area contributed by atoms with E-state index in [0.717, 1.165) is 28.7 Å². The minimum absolute atomic E-state index is 0.145. The van der Waals surface area contributed by atoms with Gasteiger partial charge >= 0.3 is 0 Å². The van der Waals surface area contributed by atoms with Gasteiger partial charge < -0.3 is 14.9 Å². The highest BCUT2D eigenvalue weighted by Crippen LogP contribution is 2.29. The van der Waals surface area contributed by atoms with Crippen LogP contribution in [-0.4, -0.2) is 10.2 Å². The fourth-order valence-electron chi connectivity index (χ4n) is 2.81. The Balaban J connectivity index is 1.72. The first-order chi connectivity index (χ1) is 12.2. The maximum absolute atomic E-state index is 10.4. The van der Waals surface area contributed by atoms with Gasteiger partial charge in [0.1, 0.15) is 5.75 Å². The number of hydrogen-bond donors (Lipinski definition) is 2. The van der Waals surface area contributed by atoms with Crippen molar-refractivity contribution in [2.75, 3.05) is 0 Å². The van der Waals surface area contributed by atoms with Crippen molar-refractivity contribution in [2.45, 2.75) is 25.7 Å². The lowest BCUT2D eigenvalue weighted by Crippen LogP contribution is -2.09. The smallest absolute Gasteiger partial charge is 0.181 e. The summed E-state index contributed by atoms with van der Waals surface area (Å²) in [7, 11) is 0. The fraction of sp³-hybridized carbons (Fsp3) is 0.182. The molecule has 0 aliphatic carbocycles. The molecule has 0 bridgehead atoms. The average molecular weight is 334 g/mol. The lowest BCUT2D eigenvalue weighted by molar-refractivity contribution is -0.142. The van der Waals surface area contributed by atoms with Crippen molar-refractivity contribution in [3.8, 4) is 16.9 Å². The SMILES string of the molecule is CCC(OC(O)c1ccc(-c2ccc(O)cc2)cc1)c1ccccc1. The Hall–Kier alpha value is -2.62. The maximum Gasteiger partial charge on any atom is 0.181 e. The van der Waals surface area contributed by atoms with Gasteiger partial charge in [0, 0.05) is 5.56 Å². The van der Waals surface area contributed by atoms with E-state index in [4.69, 9.17) is 4.74 Å². The number of benzene rings is 3. The summed E-state index contributed by atoms with van der Waals surface area (Å²) in [6.45, 7) is 2.04. The number of ether oxygens (including phenoxy) is 1. The minimum atomic E-state index is -0.973. The summed E-state index contributed by atoms with van der Waals surface area (Å²) in [5, 5.41) is 19.8. The van der Waals surface area contributed by atoms with Crippen molar-refractivity contribution < 1.29 is 14.9 Å². The summed E-state index contributed by atoms with van der Waals surface area (Å²) in [4.78, 5) is 0. The van der Waals surface area contributed by atoms with E-state index in [1.165, 1.54) is 0 Å². The van der Waals surface area contributed by atoms with Gasteiger partial charge in [-0.25, -0.2) is 0 Å². The van der Waals surface area contributed by atoms with Crippen LogP contribution >= 0.6 is 0 Å². The van der Waals surface area contributed by atoms with Crippen LogP contribution in [0.2, 0.25) is 0 Å². The molecule has 3 aromatic rings. The number of aliphatic hydroxyl groups excluding tert-OH is 1. The zero-order valence-corrected chi connectivity index (χ0v) is 14.2. The van der Waals surface area contributed by atoms with Crippen molar-refractivity contribution in [3.05, 3.63) is 90.0 Å². The van der Waals surface area contributed by atoms with E-state index in [9.17, 15) is 10.2 Å². The van der Waals surface area contributed by atoms with Gasteiger partial charge in [-0.1, -0.05) is 73.7 Å². The van der Waals surface area contributed by atoms with E-state index in [1.54, 1.807) is 12.1 Å². The Bertz CT molecular complexity index is 780. The number of aliphatic hydroxyl groups is 1. The van der Waals surface area contributed by atoms with E-state index in [1.807, 2.05) is 73.7 Å². The molecule has 2 N–H and O–H groups in total. The summed E-state index contributed by atoms with van der Waals surface area (Å²) in [5.74, 6) is 0.246. The molecule has 0 heterocycles. The van der Waals surface area contributed by atoms with Gasteiger partial charge in [0.05, 0.1) is 6.10 Å². The molecule has 3 heteroatoms. The molecule has 128 valence electrons. The van der Waals surface area contributed by atoms with Crippen LogP contribution in [0.4, 0.5) is 0 Å². The van der Waals surface area contributed by atoms with Gasteiger partial charge in [0.25, 0.3) is 0 Å². The highest BCUT2D eigenvalue weighted by atomic mass is 16.6. The van der Waals surface area contributed by atoms with Crippen LogP contribution in [0.25, 0.3) is 11.1 Å². The van der Waals surface area contributed by atoms with Crippen molar-refractivity contribution in [1.29, 1.82) is 0 Å². The van der Waals surface area contributed by atoms with E-state index in [0.29, 0.717) is 0 Å². The molecule has 0 fully saturated rings. The number of phenols is 1. The van der Waals surface area contributed by atoms with Crippen molar-refractivity contribution in [2.24, 2.45) is 0 Å². The first-order valence-corrected chi connectivity index (χ1v) is 8.45. The van der Waals surface area contributed by atoms with Crippen LogP contribution in [0.5, 0.6) is 5.75 Å². The molecule has 0 radical (unpaired) electrons. The maximum atomic E-state index is 10.4. The Morgan fingerprint density at radius 2 is 1.32 bits per heavy atom. The van der Waals surface area contributed by atoms with Gasteiger partial charge in [-0.05, 0) is 35.2 Å². The van der Waals surface area contributed by atoms with E-state index >= 15 is 0 Å².